The lowest BCUT2D eigenvalue weighted by atomic mass is 9.91. The molecule has 7 nitrogen and oxygen atoms in total. The van der Waals surface area contributed by atoms with E-state index in [0.717, 1.165) is 12.8 Å². The molecule has 0 spiro atoms. The molecule has 0 heterocycles. The van der Waals surface area contributed by atoms with Gasteiger partial charge >= 0.3 is 17.9 Å². The number of carbonyl (C=O) groups excluding carboxylic acids is 3. The van der Waals surface area contributed by atoms with Gasteiger partial charge in [-0.15, -0.1) is 11.8 Å². The second-order valence-electron chi connectivity index (χ2n) is 8.76. The van der Waals surface area contributed by atoms with Crippen LogP contribution in [-0.4, -0.2) is 53.3 Å². The average Bonchev–Trinajstić information content (AvgIpc) is 2.67. The predicted octanol–water partition coefficient (Wildman–Crippen LogP) is 3.61. The third kappa shape index (κ3) is 8.46. The van der Waals surface area contributed by atoms with Gasteiger partial charge in [0.05, 0.1) is 13.2 Å². The molecule has 2 N–H and O–H groups in total. The number of nitrogens with two attached hydrogens (primary N) is 1. The van der Waals surface area contributed by atoms with E-state index < -0.39 is 34.3 Å². The molecule has 1 fully saturated rings. The van der Waals surface area contributed by atoms with Gasteiger partial charge < -0.3 is 19.9 Å². The van der Waals surface area contributed by atoms with Crippen molar-refractivity contribution in [1.82, 2.24) is 0 Å². The molecule has 0 radical (unpaired) electrons. The third-order valence-electron chi connectivity index (χ3n) is 5.02. The van der Waals surface area contributed by atoms with Crippen molar-refractivity contribution in [2.24, 2.45) is 11.7 Å². The fourth-order valence-electron chi connectivity index (χ4n) is 3.44. The highest BCUT2D eigenvalue weighted by Crippen LogP contribution is 2.38. The first-order valence-electron chi connectivity index (χ1n) is 11.0. The molecule has 0 saturated heterocycles. The largest absolute Gasteiger partial charge is 0.465 e. The quantitative estimate of drug-likeness (QED) is 0.292. The van der Waals surface area contributed by atoms with Gasteiger partial charge in [0.15, 0.2) is 0 Å². The van der Waals surface area contributed by atoms with Crippen LogP contribution < -0.4 is 5.73 Å². The number of hydrogen-bond acceptors (Lipinski definition) is 8. The van der Waals surface area contributed by atoms with Gasteiger partial charge in [-0.25, -0.2) is 9.59 Å². The zero-order chi connectivity index (χ0) is 22.8. The Morgan fingerprint density at radius 2 is 1.53 bits per heavy atom. The van der Waals surface area contributed by atoms with Gasteiger partial charge in [0.1, 0.15) is 11.6 Å². The Kier molecular flexibility index (Phi) is 11.2. The fraction of sp³-hybridized carbons (Fsp3) is 0.864. The summed E-state index contributed by atoms with van der Waals surface area (Å²) in [6, 6.07) is -0.942. The summed E-state index contributed by atoms with van der Waals surface area (Å²) in [7, 11) is 0. The van der Waals surface area contributed by atoms with Crippen molar-refractivity contribution in [1.29, 1.82) is 0 Å². The molecule has 1 atom stereocenters. The van der Waals surface area contributed by atoms with Gasteiger partial charge in [-0.2, -0.15) is 0 Å². The first-order valence-corrected chi connectivity index (χ1v) is 12.0. The van der Waals surface area contributed by atoms with Crippen LogP contribution in [0.1, 0.15) is 79.6 Å². The van der Waals surface area contributed by atoms with Gasteiger partial charge in [-0.1, -0.05) is 19.3 Å². The summed E-state index contributed by atoms with van der Waals surface area (Å²) in [5.74, 6) is -0.687. The number of thioether (sulfide) groups is 1. The lowest BCUT2D eigenvalue weighted by molar-refractivity contribution is -0.161. The van der Waals surface area contributed by atoms with E-state index in [1.807, 2.05) is 0 Å². The summed E-state index contributed by atoms with van der Waals surface area (Å²) in [6.45, 7) is 9.00. The van der Waals surface area contributed by atoms with Gasteiger partial charge in [-0.05, 0) is 72.0 Å². The molecule has 1 unspecified atom stereocenters. The Morgan fingerprint density at radius 3 is 2.00 bits per heavy atom. The van der Waals surface area contributed by atoms with Gasteiger partial charge in [0, 0.05) is 0 Å². The first-order chi connectivity index (χ1) is 14.1. The van der Waals surface area contributed by atoms with Crippen molar-refractivity contribution in [3.63, 3.8) is 0 Å². The molecule has 0 aromatic rings. The molecule has 0 bridgehead atoms. The Bertz CT molecular complexity index is 550. The number of ether oxygens (including phenoxy) is 3. The van der Waals surface area contributed by atoms with Crippen molar-refractivity contribution in [2.75, 3.05) is 19.0 Å². The SMILES string of the molecule is CCOC(=O)C(CCC(N)C(=O)OC(C)(C)C)(SCC1CCCCC1)C(=O)OCC. The van der Waals surface area contributed by atoms with Crippen LogP contribution >= 0.6 is 11.8 Å². The molecular weight excluding hydrogens is 406 g/mol. The number of esters is 3. The van der Waals surface area contributed by atoms with E-state index in [9.17, 15) is 14.4 Å². The summed E-state index contributed by atoms with van der Waals surface area (Å²) in [6.07, 6.45) is 5.92. The van der Waals surface area contributed by atoms with Crippen LogP contribution in [0.5, 0.6) is 0 Å². The Hall–Kier alpha value is -1.28. The van der Waals surface area contributed by atoms with Crippen molar-refractivity contribution in [2.45, 2.75) is 96.0 Å². The minimum Gasteiger partial charge on any atom is -0.465 e. The summed E-state index contributed by atoms with van der Waals surface area (Å²) in [5, 5.41) is 0. The van der Waals surface area contributed by atoms with Crippen LogP contribution in [0.25, 0.3) is 0 Å². The second kappa shape index (κ2) is 12.5. The molecule has 1 aliphatic carbocycles. The molecule has 0 aromatic carbocycles. The second-order valence-corrected chi connectivity index (χ2v) is 10.1. The molecule has 0 aliphatic heterocycles. The van der Waals surface area contributed by atoms with Crippen LogP contribution in [-0.2, 0) is 28.6 Å². The molecule has 1 aliphatic rings. The molecule has 174 valence electrons. The summed E-state index contributed by atoms with van der Waals surface area (Å²) in [4.78, 5) is 38.2. The van der Waals surface area contributed by atoms with E-state index in [1.165, 1.54) is 31.0 Å². The first kappa shape index (κ1) is 26.8. The lowest BCUT2D eigenvalue weighted by Crippen LogP contribution is -2.48. The van der Waals surface area contributed by atoms with Crippen molar-refractivity contribution >= 4 is 29.7 Å². The minimum atomic E-state index is -1.52. The van der Waals surface area contributed by atoms with E-state index in [1.54, 1.807) is 34.6 Å². The standard InChI is InChI=1S/C22H39NO6S/c1-6-27-19(25)22(20(26)28-7-2,30-15-16-11-9-8-10-12-16)14-13-17(23)18(24)29-21(3,4)5/h16-17H,6-15,23H2,1-5H3. The zero-order valence-corrected chi connectivity index (χ0v) is 20.0. The van der Waals surface area contributed by atoms with Gasteiger partial charge in [-0.3, -0.25) is 4.79 Å². The molecule has 1 rings (SSSR count). The van der Waals surface area contributed by atoms with Crippen LogP contribution in [0.3, 0.4) is 0 Å². The Balaban J connectivity index is 3.00. The van der Waals surface area contributed by atoms with Crippen LogP contribution in [0.15, 0.2) is 0 Å². The Labute approximate surface area is 185 Å². The van der Waals surface area contributed by atoms with E-state index >= 15 is 0 Å². The number of hydrogen-bond donors (Lipinski definition) is 1. The van der Waals surface area contributed by atoms with E-state index in [2.05, 4.69) is 0 Å². The highest BCUT2D eigenvalue weighted by atomic mass is 32.2. The summed E-state index contributed by atoms with van der Waals surface area (Å²) in [5.41, 5.74) is 5.37. The predicted molar refractivity (Wildman–Crippen MR) is 118 cm³/mol. The summed E-state index contributed by atoms with van der Waals surface area (Å²) >= 11 is 1.28. The molecule has 0 aromatic heterocycles. The third-order valence-corrected chi connectivity index (χ3v) is 6.69. The van der Waals surface area contributed by atoms with Crippen molar-refractivity contribution < 1.29 is 28.6 Å². The number of rotatable bonds is 11. The lowest BCUT2D eigenvalue weighted by Gasteiger charge is -2.32. The highest BCUT2D eigenvalue weighted by Gasteiger charge is 2.50. The maximum Gasteiger partial charge on any atom is 0.333 e. The maximum absolute atomic E-state index is 13.0. The monoisotopic (exact) mass is 445 g/mol. The molecule has 0 amide bonds. The van der Waals surface area contributed by atoms with Gasteiger partial charge in [0.25, 0.3) is 0 Å². The smallest absolute Gasteiger partial charge is 0.333 e. The topological polar surface area (TPSA) is 105 Å². The molecule has 8 heteroatoms. The molecule has 30 heavy (non-hydrogen) atoms. The molecular formula is C22H39NO6S. The van der Waals surface area contributed by atoms with Gasteiger partial charge in [0.2, 0.25) is 4.75 Å². The van der Waals surface area contributed by atoms with Crippen molar-refractivity contribution in [3.8, 4) is 0 Å². The molecule has 1 saturated carbocycles. The Morgan fingerprint density at radius 1 is 1.00 bits per heavy atom. The fourth-order valence-corrected chi connectivity index (χ4v) is 4.91. The normalized spacial score (nSPS) is 16.6. The van der Waals surface area contributed by atoms with Crippen molar-refractivity contribution in [3.05, 3.63) is 0 Å². The van der Waals surface area contributed by atoms with E-state index in [-0.39, 0.29) is 26.1 Å². The van der Waals surface area contributed by atoms with E-state index in [0.29, 0.717) is 11.7 Å². The van der Waals surface area contributed by atoms with E-state index in [4.69, 9.17) is 19.9 Å². The van der Waals surface area contributed by atoms with Crippen LogP contribution in [0, 0.1) is 5.92 Å². The highest BCUT2D eigenvalue weighted by molar-refractivity contribution is 8.02. The average molecular weight is 446 g/mol. The van der Waals surface area contributed by atoms with Crippen LogP contribution in [0.4, 0.5) is 0 Å². The maximum atomic E-state index is 13.0. The van der Waals surface area contributed by atoms with Crippen LogP contribution in [0.2, 0.25) is 0 Å². The number of carbonyl (C=O) groups is 3. The minimum absolute atomic E-state index is 0.0580. The zero-order valence-electron chi connectivity index (χ0n) is 19.2. The summed E-state index contributed by atoms with van der Waals surface area (Å²) < 4.78 is 14.3.